The van der Waals surface area contributed by atoms with E-state index in [4.69, 9.17) is 0 Å². The van der Waals surface area contributed by atoms with Crippen molar-refractivity contribution >= 4 is 5.91 Å². The number of benzene rings is 1. The Morgan fingerprint density at radius 2 is 2.00 bits per heavy atom. The normalized spacial score (nSPS) is 18.1. The lowest BCUT2D eigenvalue weighted by atomic mass is 9.94. The van der Waals surface area contributed by atoms with Gasteiger partial charge in [-0.25, -0.2) is 0 Å². The molecule has 1 aromatic rings. The fraction of sp³-hybridized carbons (Fsp3) is 0.462. The van der Waals surface area contributed by atoms with Gasteiger partial charge < -0.3 is 10.0 Å². The van der Waals surface area contributed by atoms with Crippen molar-refractivity contribution in [3.05, 3.63) is 34.9 Å². The third kappa shape index (κ3) is 1.95. The average molecular weight is 219 g/mol. The molecule has 2 rings (SSSR count). The highest BCUT2D eigenvalue weighted by Crippen LogP contribution is 2.23. The fourth-order valence-electron chi connectivity index (χ4n) is 2.06. The molecule has 0 unspecified atom stereocenters. The van der Waals surface area contributed by atoms with Gasteiger partial charge in [-0.3, -0.25) is 4.79 Å². The lowest BCUT2D eigenvalue weighted by molar-refractivity contribution is -0.0669. The highest BCUT2D eigenvalue weighted by Gasteiger charge is 2.39. The molecular weight excluding hydrogens is 202 g/mol. The molecule has 1 aliphatic rings. The molecule has 86 valence electrons. The number of β-amino-alcohol motifs (C(OH)–C–C–N with tert-alkyl or cyclic N) is 1. The number of aliphatic hydroxyl groups is 1. The molecule has 0 bridgehead atoms. The van der Waals surface area contributed by atoms with Crippen LogP contribution in [0.15, 0.2) is 18.2 Å². The zero-order valence-corrected chi connectivity index (χ0v) is 9.95. The number of aryl methyl sites for hydroxylation is 2. The van der Waals surface area contributed by atoms with Crippen LogP contribution in [-0.4, -0.2) is 34.6 Å². The van der Waals surface area contributed by atoms with E-state index < -0.39 is 5.60 Å². The van der Waals surface area contributed by atoms with E-state index in [-0.39, 0.29) is 5.91 Å². The summed E-state index contributed by atoms with van der Waals surface area (Å²) < 4.78 is 0. The molecule has 1 saturated heterocycles. The van der Waals surface area contributed by atoms with Gasteiger partial charge in [0.2, 0.25) is 0 Å². The number of likely N-dealkylation sites (tertiary alicyclic amines) is 1. The summed E-state index contributed by atoms with van der Waals surface area (Å²) in [7, 11) is 0. The predicted octanol–water partition coefficient (Wildman–Crippen LogP) is 1.51. The smallest absolute Gasteiger partial charge is 0.254 e. The summed E-state index contributed by atoms with van der Waals surface area (Å²) in [6.45, 7) is 6.52. The first-order chi connectivity index (χ1) is 7.39. The summed E-state index contributed by atoms with van der Waals surface area (Å²) in [5.74, 6) is 0.0210. The zero-order chi connectivity index (χ0) is 11.9. The molecule has 1 aliphatic heterocycles. The molecule has 1 heterocycles. The van der Waals surface area contributed by atoms with E-state index in [1.807, 2.05) is 32.0 Å². The first kappa shape index (κ1) is 11.1. The summed E-state index contributed by atoms with van der Waals surface area (Å²) in [6, 6.07) is 5.86. The van der Waals surface area contributed by atoms with E-state index in [0.717, 1.165) is 16.7 Å². The molecule has 3 nitrogen and oxygen atoms in total. The Balaban J connectivity index is 2.19. The van der Waals surface area contributed by atoms with Gasteiger partial charge in [0.25, 0.3) is 5.91 Å². The molecule has 0 aromatic heterocycles. The second-order valence-electron chi connectivity index (χ2n) is 4.98. The van der Waals surface area contributed by atoms with Crippen molar-refractivity contribution in [3.63, 3.8) is 0 Å². The van der Waals surface area contributed by atoms with Crippen molar-refractivity contribution in [2.75, 3.05) is 13.1 Å². The van der Waals surface area contributed by atoms with Crippen LogP contribution >= 0.6 is 0 Å². The molecule has 1 fully saturated rings. The molecule has 0 spiro atoms. The number of rotatable bonds is 1. The molecule has 1 amide bonds. The minimum absolute atomic E-state index is 0.0210. The van der Waals surface area contributed by atoms with Gasteiger partial charge in [0.1, 0.15) is 0 Å². The first-order valence-electron chi connectivity index (χ1n) is 5.48. The zero-order valence-electron chi connectivity index (χ0n) is 9.95. The van der Waals surface area contributed by atoms with Crippen LogP contribution < -0.4 is 0 Å². The minimum atomic E-state index is -0.701. The average Bonchev–Trinajstić information content (AvgIpc) is 2.17. The van der Waals surface area contributed by atoms with Gasteiger partial charge in [-0.1, -0.05) is 17.7 Å². The van der Waals surface area contributed by atoms with Gasteiger partial charge in [0.15, 0.2) is 0 Å². The Hall–Kier alpha value is -1.35. The Morgan fingerprint density at radius 1 is 1.38 bits per heavy atom. The molecule has 0 aliphatic carbocycles. The number of hydrogen-bond donors (Lipinski definition) is 1. The molecule has 0 radical (unpaired) electrons. The number of amides is 1. The van der Waals surface area contributed by atoms with E-state index >= 15 is 0 Å². The maximum absolute atomic E-state index is 12.1. The Labute approximate surface area is 95.7 Å². The van der Waals surface area contributed by atoms with Crippen LogP contribution in [0.3, 0.4) is 0 Å². The molecule has 0 saturated carbocycles. The maximum atomic E-state index is 12.1. The van der Waals surface area contributed by atoms with Gasteiger partial charge >= 0.3 is 0 Å². The lowest BCUT2D eigenvalue weighted by Crippen LogP contribution is -2.61. The van der Waals surface area contributed by atoms with Crippen LogP contribution in [0.4, 0.5) is 0 Å². The van der Waals surface area contributed by atoms with E-state index in [1.165, 1.54) is 0 Å². The van der Waals surface area contributed by atoms with Crippen molar-refractivity contribution in [1.29, 1.82) is 0 Å². The van der Waals surface area contributed by atoms with Crippen LogP contribution in [-0.2, 0) is 0 Å². The monoisotopic (exact) mass is 219 g/mol. The second-order valence-corrected chi connectivity index (χ2v) is 4.98. The van der Waals surface area contributed by atoms with Crippen molar-refractivity contribution in [2.45, 2.75) is 26.4 Å². The van der Waals surface area contributed by atoms with Crippen molar-refractivity contribution in [1.82, 2.24) is 4.90 Å². The standard InChI is InChI=1S/C13H17NO2/c1-9-4-5-10(2)11(6-9)12(15)14-7-13(3,16)8-14/h4-6,16H,7-8H2,1-3H3. The van der Waals surface area contributed by atoms with Gasteiger partial charge in [-0.05, 0) is 32.4 Å². The second kappa shape index (κ2) is 3.59. The van der Waals surface area contributed by atoms with Crippen LogP contribution in [0.25, 0.3) is 0 Å². The van der Waals surface area contributed by atoms with Crippen molar-refractivity contribution < 1.29 is 9.90 Å². The SMILES string of the molecule is Cc1ccc(C)c(C(=O)N2CC(C)(O)C2)c1. The first-order valence-corrected chi connectivity index (χ1v) is 5.48. The predicted molar refractivity (Wildman–Crippen MR) is 62.4 cm³/mol. The van der Waals surface area contributed by atoms with E-state index in [2.05, 4.69) is 0 Å². The Bertz CT molecular complexity index is 430. The summed E-state index contributed by atoms with van der Waals surface area (Å²) in [5, 5.41) is 9.61. The van der Waals surface area contributed by atoms with Gasteiger partial charge in [-0.15, -0.1) is 0 Å². The maximum Gasteiger partial charge on any atom is 0.254 e. The quantitative estimate of drug-likeness (QED) is 0.777. The fourth-order valence-corrected chi connectivity index (χ4v) is 2.06. The number of carbonyl (C=O) groups excluding carboxylic acids is 1. The molecule has 1 aromatic carbocycles. The number of nitrogens with zero attached hydrogens (tertiary/aromatic N) is 1. The highest BCUT2D eigenvalue weighted by molar-refractivity contribution is 5.96. The summed E-state index contributed by atoms with van der Waals surface area (Å²) in [6.07, 6.45) is 0. The number of carbonyl (C=O) groups is 1. The third-order valence-corrected chi connectivity index (χ3v) is 2.97. The third-order valence-electron chi connectivity index (χ3n) is 2.97. The van der Waals surface area contributed by atoms with Crippen LogP contribution in [0.2, 0.25) is 0 Å². The highest BCUT2D eigenvalue weighted by atomic mass is 16.3. The Kier molecular flexibility index (Phi) is 2.50. The molecule has 3 heteroatoms. The van der Waals surface area contributed by atoms with E-state index in [0.29, 0.717) is 13.1 Å². The molecular formula is C13H17NO2. The van der Waals surface area contributed by atoms with Gasteiger partial charge in [0, 0.05) is 5.56 Å². The lowest BCUT2D eigenvalue weighted by Gasteiger charge is -2.44. The van der Waals surface area contributed by atoms with E-state index in [1.54, 1.807) is 11.8 Å². The summed E-state index contributed by atoms with van der Waals surface area (Å²) in [5.41, 5.74) is 2.12. The Morgan fingerprint density at radius 3 is 2.56 bits per heavy atom. The summed E-state index contributed by atoms with van der Waals surface area (Å²) >= 11 is 0. The van der Waals surface area contributed by atoms with Crippen LogP contribution in [0.5, 0.6) is 0 Å². The van der Waals surface area contributed by atoms with Crippen molar-refractivity contribution in [2.24, 2.45) is 0 Å². The number of hydrogen-bond acceptors (Lipinski definition) is 2. The summed E-state index contributed by atoms with van der Waals surface area (Å²) in [4.78, 5) is 13.8. The van der Waals surface area contributed by atoms with Crippen LogP contribution in [0.1, 0.15) is 28.4 Å². The molecule has 1 N–H and O–H groups in total. The van der Waals surface area contributed by atoms with Crippen LogP contribution in [0, 0.1) is 13.8 Å². The topological polar surface area (TPSA) is 40.5 Å². The van der Waals surface area contributed by atoms with Gasteiger partial charge in [0.05, 0.1) is 18.7 Å². The molecule has 16 heavy (non-hydrogen) atoms. The largest absolute Gasteiger partial charge is 0.386 e. The minimum Gasteiger partial charge on any atom is -0.386 e. The van der Waals surface area contributed by atoms with Crippen molar-refractivity contribution in [3.8, 4) is 0 Å². The van der Waals surface area contributed by atoms with E-state index in [9.17, 15) is 9.90 Å². The van der Waals surface area contributed by atoms with Gasteiger partial charge in [-0.2, -0.15) is 0 Å². The molecule has 0 atom stereocenters.